The van der Waals surface area contributed by atoms with E-state index in [-0.39, 0.29) is 17.7 Å². The van der Waals surface area contributed by atoms with Crippen molar-refractivity contribution in [2.24, 2.45) is 5.92 Å². The maximum Gasteiger partial charge on any atom is 0.225 e. The van der Waals surface area contributed by atoms with E-state index in [1.165, 1.54) is 0 Å². The average molecular weight is 339 g/mol. The number of carbonyl (C=O) groups excluding carboxylic acids is 2. The molecule has 3 rings (SSSR count). The Morgan fingerprint density at radius 2 is 1.75 bits per heavy atom. The van der Waals surface area contributed by atoms with E-state index in [9.17, 15) is 14.7 Å². The van der Waals surface area contributed by atoms with Crippen molar-refractivity contribution in [3.8, 4) is 0 Å². The van der Waals surface area contributed by atoms with Gasteiger partial charge in [0.2, 0.25) is 11.8 Å². The standard InChI is InChI=1S/C17H29N3O4/c1-14(21)19-5-2-15(3-6-19)16(22)20-7-4-17(23,13-20)12-18-8-10-24-11-9-18/h15,23H,2-13H2,1H3. The van der Waals surface area contributed by atoms with E-state index in [1.54, 1.807) is 6.92 Å². The molecule has 2 amide bonds. The Labute approximate surface area is 143 Å². The monoisotopic (exact) mass is 339 g/mol. The molecule has 1 atom stereocenters. The molecule has 3 aliphatic rings. The summed E-state index contributed by atoms with van der Waals surface area (Å²) >= 11 is 0. The second kappa shape index (κ2) is 7.37. The highest BCUT2D eigenvalue weighted by atomic mass is 16.5. The number of hydrogen-bond acceptors (Lipinski definition) is 5. The topological polar surface area (TPSA) is 73.3 Å². The van der Waals surface area contributed by atoms with Crippen LogP contribution in [0.2, 0.25) is 0 Å². The zero-order valence-corrected chi connectivity index (χ0v) is 14.6. The Hall–Kier alpha value is -1.18. The molecule has 136 valence electrons. The van der Waals surface area contributed by atoms with Gasteiger partial charge in [0.05, 0.1) is 25.4 Å². The second-order valence-corrected chi connectivity index (χ2v) is 7.40. The Bertz CT molecular complexity index is 472. The normalized spacial score (nSPS) is 29.9. The second-order valence-electron chi connectivity index (χ2n) is 7.40. The third-order valence-electron chi connectivity index (χ3n) is 5.56. The lowest BCUT2D eigenvalue weighted by Gasteiger charge is -2.35. The Balaban J connectivity index is 1.49. The summed E-state index contributed by atoms with van der Waals surface area (Å²) in [6, 6.07) is 0. The fourth-order valence-electron chi connectivity index (χ4n) is 4.05. The molecule has 24 heavy (non-hydrogen) atoms. The molecule has 1 unspecified atom stereocenters. The van der Waals surface area contributed by atoms with Crippen LogP contribution in [0.15, 0.2) is 0 Å². The largest absolute Gasteiger partial charge is 0.387 e. The van der Waals surface area contributed by atoms with Gasteiger partial charge in [0.15, 0.2) is 0 Å². The van der Waals surface area contributed by atoms with Crippen molar-refractivity contribution in [3.63, 3.8) is 0 Å². The lowest BCUT2D eigenvalue weighted by molar-refractivity contribution is -0.140. The number of piperidine rings is 1. The Morgan fingerprint density at radius 3 is 2.38 bits per heavy atom. The maximum absolute atomic E-state index is 12.7. The van der Waals surface area contributed by atoms with Crippen molar-refractivity contribution in [2.75, 3.05) is 59.0 Å². The number of likely N-dealkylation sites (tertiary alicyclic amines) is 2. The number of aliphatic hydroxyl groups is 1. The summed E-state index contributed by atoms with van der Waals surface area (Å²) < 4.78 is 5.35. The van der Waals surface area contributed by atoms with Crippen LogP contribution in [-0.2, 0) is 14.3 Å². The Morgan fingerprint density at radius 1 is 1.08 bits per heavy atom. The van der Waals surface area contributed by atoms with Gasteiger partial charge in [0, 0.05) is 52.1 Å². The van der Waals surface area contributed by atoms with Crippen LogP contribution in [0.4, 0.5) is 0 Å². The molecule has 0 aromatic heterocycles. The predicted octanol–water partition coefficient (Wildman–Crippen LogP) is -0.459. The van der Waals surface area contributed by atoms with Crippen molar-refractivity contribution >= 4 is 11.8 Å². The van der Waals surface area contributed by atoms with E-state index in [2.05, 4.69) is 4.90 Å². The van der Waals surface area contributed by atoms with Crippen LogP contribution in [0.5, 0.6) is 0 Å². The number of nitrogens with zero attached hydrogens (tertiary/aromatic N) is 3. The van der Waals surface area contributed by atoms with Crippen molar-refractivity contribution in [3.05, 3.63) is 0 Å². The first-order chi connectivity index (χ1) is 11.5. The minimum Gasteiger partial charge on any atom is -0.387 e. The van der Waals surface area contributed by atoms with Gasteiger partial charge in [-0.05, 0) is 19.3 Å². The van der Waals surface area contributed by atoms with Crippen LogP contribution in [0.1, 0.15) is 26.2 Å². The lowest BCUT2D eigenvalue weighted by Crippen LogP contribution is -2.50. The summed E-state index contributed by atoms with van der Waals surface area (Å²) in [5.74, 6) is 0.226. The molecule has 0 aromatic rings. The molecule has 3 fully saturated rings. The quantitative estimate of drug-likeness (QED) is 0.753. The van der Waals surface area contributed by atoms with Crippen LogP contribution < -0.4 is 0 Å². The van der Waals surface area contributed by atoms with E-state index in [0.717, 1.165) is 25.9 Å². The zero-order valence-electron chi connectivity index (χ0n) is 14.6. The minimum absolute atomic E-state index is 0.00802. The van der Waals surface area contributed by atoms with E-state index >= 15 is 0 Å². The van der Waals surface area contributed by atoms with E-state index in [0.29, 0.717) is 52.4 Å². The first-order valence-electron chi connectivity index (χ1n) is 9.04. The summed E-state index contributed by atoms with van der Waals surface area (Å²) in [6.07, 6.45) is 2.11. The molecule has 0 aromatic carbocycles. The van der Waals surface area contributed by atoms with Crippen molar-refractivity contribution in [1.29, 1.82) is 0 Å². The minimum atomic E-state index is -0.799. The molecule has 0 bridgehead atoms. The fraction of sp³-hybridized carbons (Fsp3) is 0.882. The number of rotatable bonds is 3. The summed E-state index contributed by atoms with van der Waals surface area (Å²) in [5.41, 5.74) is -0.799. The molecule has 0 radical (unpaired) electrons. The van der Waals surface area contributed by atoms with E-state index in [1.807, 2.05) is 9.80 Å². The number of ether oxygens (including phenoxy) is 1. The Kier molecular flexibility index (Phi) is 5.42. The molecule has 0 saturated carbocycles. The van der Waals surface area contributed by atoms with Gasteiger partial charge in [-0.15, -0.1) is 0 Å². The molecular formula is C17H29N3O4. The van der Waals surface area contributed by atoms with Gasteiger partial charge in [-0.2, -0.15) is 0 Å². The highest BCUT2D eigenvalue weighted by Gasteiger charge is 2.41. The molecule has 0 aliphatic carbocycles. The van der Waals surface area contributed by atoms with Gasteiger partial charge in [0.1, 0.15) is 0 Å². The third kappa shape index (κ3) is 4.07. The number of carbonyl (C=O) groups is 2. The third-order valence-corrected chi connectivity index (χ3v) is 5.56. The number of morpholine rings is 1. The van der Waals surface area contributed by atoms with Crippen molar-refractivity contribution in [1.82, 2.24) is 14.7 Å². The molecule has 7 heteroatoms. The maximum atomic E-state index is 12.7. The summed E-state index contributed by atoms with van der Waals surface area (Å²) in [6.45, 7) is 7.70. The van der Waals surface area contributed by atoms with Crippen LogP contribution in [-0.4, -0.2) is 96.2 Å². The highest BCUT2D eigenvalue weighted by Crippen LogP contribution is 2.27. The molecule has 7 nitrogen and oxygen atoms in total. The molecular weight excluding hydrogens is 310 g/mol. The number of β-amino-alcohol motifs (C(OH)–C–C–N with tert-alkyl or cyclic N) is 1. The zero-order chi connectivity index (χ0) is 17.2. The number of amides is 2. The van der Waals surface area contributed by atoms with Crippen molar-refractivity contribution in [2.45, 2.75) is 31.8 Å². The summed E-state index contributed by atoms with van der Waals surface area (Å²) in [7, 11) is 0. The fourth-order valence-corrected chi connectivity index (χ4v) is 4.05. The first-order valence-corrected chi connectivity index (χ1v) is 9.04. The SMILES string of the molecule is CC(=O)N1CCC(C(=O)N2CCC(O)(CN3CCOCC3)C2)CC1. The van der Waals surface area contributed by atoms with Crippen LogP contribution in [0, 0.1) is 5.92 Å². The molecule has 3 saturated heterocycles. The number of hydrogen-bond donors (Lipinski definition) is 1. The molecule has 3 heterocycles. The average Bonchev–Trinajstić information content (AvgIpc) is 2.97. The van der Waals surface area contributed by atoms with Gasteiger partial charge < -0.3 is 19.6 Å². The summed E-state index contributed by atoms with van der Waals surface area (Å²) in [4.78, 5) is 30.0. The molecule has 0 spiro atoms. The van der Waals surface area contributed by atoms with Crippen molar-refractivity contribution < 1.29 is 19.4 Å². The predicted molar refractivity (Wildman–Crippen MR) is 88.4 cm³/mol. The van der Waals surface area contributed by atoms with Gasteiger partial charge in [-0.1, -0.05) is 0 Å². The lowest BCUT2D eigenvalue weighted by atomic mass is 9.95. The van der Waals surface area contributed by atoms with Crippen LogP contribution >= 0.6 is 0 Å². The van der Waals surface area contributed by atoms with Gasteiger partial charge in [0.25, 0.3) is 0 Å². The summed E-state index contributed by atoms with van der Waals surface area (Å²) in [5, 5.41) is 10.8. The van der Waals surface area contributed by atoms with Crippen LogP contribution in [0.3, 0.4) is 0 Å². The molecule has 1 N–H and O–H groups in total. The van der Waals surface area contributed by atoms with E-state index in [4.69, 9.17) is 4.74 Å². The van der Waals surface area contributed by atoms with E-state index < -0.39 is 5.60 Å². The van der Waals surface area contributed by atoms with Gasteiger partial charge >= 0.3 is 0 Å². The highest BCUT2D eigenvalue weighted by molar-refractivity contribution is 5.80. The smallest absolute Gasteiger partial charge is 0.225 e. The van der Waals surface area contributed by atoms with Gasteiger partial charge in [-0.3, -0.25) is 14.5 Å². The van der Waals surface area contributed by atoms with Gasteiger partial charge in [-0.25, -0.2) is 0 Å². The first kappa shape index (κ1) is 17.6. The molecule has 3 aliphatic heterocycles. The van der Waals surface area contributed by atoms with Crippen LogP contribution in [0.25, 0.3) is 0 Å².